The molecule has 0 saturated heterocycles. The van der Waals surface area contributed by atoms with Gasteiger partial charge < -0.3 is 95.8 Å². The summed E-state index contributed by atoms with van der Waals surface area (Å²) in [6, 6.07) is 0. The monoisotopic (exact) mass is 650 g/mol. The third kappa shape index (κ3) is 24.1. The summed E-state index contributed by atoms with van der Waals surface area (Å²) in [5.41, 5.74) is -2.74. The van der Waals surface area contributed by atoms with Crippen LogP contribution < -0.4 is 0 Å². The molecule has 8 unspecified atom stereocenters. The summed E-state index contributed by atoms with van der Waals surface area (Å²) < 4.78 is 8.88. The van der Waals surface area contributed by atoms with Crippen molar-refractivity contribution in [1.82, 2.24) is 0 Å². The summed E-state index contributed by atoms with van der Waals surface area (Å²) >= 11 is 0. The number of hydrogen-bond donors (Lipinski definition) is 17. The van der Waals surface area contributed by atoms with Crippen LogP contribution >= 0.6 is 7.82 Å². The normalized spacial score (nSPS) is 16.8. The van der Waals surface area contributed by atoms with Gasteiger partial charge in [-0.25, -0.2) is 9.36 Å². The summed E-state index contributed by atoms with van der Waals surface area (Å²) in [4.78, 5) is 71.8. The number of aliphatic carboxylic acids is 3. The lowest BCUT2D eigenvalue weighted by Crippen LogP contribution is -2.46. The number of hydrogen-bond acceptors (Lipinski definition) is 17. The lowest BCUT2D eigenvalue weighted by atomic mass is 9.96. The number of carboxylic acid groups (broad SMARTS) is 3. The molecule has 0 amide bonds. The molecule has 0 spiro atoms. The molecule has 24 heteroatoms. The Bertz CT molecular complexity index is 789. The fourth-order valence-corrected chi connectivity index (χ4v) is 1.95. The second kappa shape index (κ2) is 22.9. The Kier molecular flexibility index (Phi) is 25.3. The number of carbonyl (C=O) groups excluding carboxylic acids is 2. The van der Waals surface area contributed by atoms with Crippen molar-refractivity contribution in [1.29, 1.82) is 0 Å². The van der Waals surface area contributed by atoms with Gasteiger partial charge >= 0.3 is 25.7 Å². The van der Waals surface area contributed by atoms with Crippen LogP contribution in [0.15, 0.2) is 0 Å². The van der Waals surface area contributed by atoms with Gasteiger partial charge in [0.1, 0.15) is 48.8 Å². The first-order valence-corrected chi connectivity index (χ1v) is 12.2. The van der Waals surface area contributed by atoms with Crippen molar-refractivity contribution < 1.29 is 115 Å². The smallest absolute Gasteiger partial charge is 0.466 e. The highest BCUT2D eigenvalue weighted by Gasteiger charge is 2.40. The second-order valence-corrected chi connectivity index (χ2v) is 8.73. The average molecular weight is 650 g/mol. The third-order valence-corrected chi connectivity index (χ3v) is 4.13. The Morgan fingerprint density at radius 1 is 0.619 bits per heavy atom. The summed E-state index contributed by atoms with van der Waals surface area (Å²) in [5, 5.41) is 121. The molecule has 42 heavy (non-hydrogen) atoms. The van der Waals surface area contributed by atoms with E-state index in [-0.39, 0.29) is 12.6 Å². The number of aliphatic hydroxyl groups excluding tert-OH is 10. The van der Waals surface area contributed by atoms with Gasteiger partial charge in [0.05, 0.1) is 26.1 Å². The fraction of sp³-hybridized carbons (Fsp3) is 0.722. The maximum absolute atomic E-state index is 10.3. The number of phosphoric acid groups is 1. The van der Waals surface area contributed by atoms with Crippen LogP contribution in [0.5, 0.6) is 0 Å². The molecule has 0 saturated carbocycles. The maximum atomic E-state index is 10.3. The lowest BCUT2D eigenvalue weighted by Gasteiger charge is -2.22. The molecule has 8 atom stereocenters. The van der Waals surface area contributed by atoms with E-state index in [4.69, 9.17) is 90.7 Å². The first kappa shape index (κ1) is 46.4. The van der Waals surface area contributed by atoms with Crippen molar-refractivity contribution in [2.75, 3.05) is 13.2 Å². The standard InChI is InChI=1S/C6H8O7.2C6H12O6.H3O4P/c7-3(8)1-6(13,5(11)12)2-4(9)10;2*7-1-3(9)5(11)6(12)4(10)2-8;1-5(2,3)4/h13H,1-2H2,(H,7,8)(H,9,10)(H,11,12);2*1,3-6,8-12H,2H2;(H3,1,2,3,4). The van der Waals surface area contributed by atoms with Gasteiger partial charge in [0.25, 0.3) is 0 Å². The fourth-order valence-electron chi connectivity index (χ4n) is 1.95. The second-order valence-electron chi connectivity index (χ2n) is 7.71. The lowest BCUT2D eigenvalue weighted by molar-refractivity contribution is -0.170. The number of aliphatic hydroxyl groups is 11. The minimum absolute atomic E-state index is 0.0258. The Labute approximate surface area is 234 Å². The molecule has 0 aromatic carbocycles. The summed E-state index contributed by atoms with van der Waals surface area (Å²) in [7, 11) is -4.64. The largest absolute Gasteiger partial charge is 0.481 e. The average Bonchev–Trinajstić information content (AvgIpc) is 2.88. The van der Waals surface area contributed by atoms with Crippen molar-refractivity contribution >= 4 is 38.3 Å². The minimum atomic E-state index is -4.64. The third-order valence-electron chi connectivity index (χ3n) is 4.13. The van der Waals surface area contributed by atoms with Gasteiger partial charge in [-0.15, -0.1) is 0 Å². The molecule has 0 fully saturated rings. The number of carboxylic acids is 3. The van der Waals surface area contributed by atoms with Crippen LogP contribution in [0.1, 0.15) is 12.8 Å². The molecule has 0 aromatic rings. The summed E-state index contributed by atoms with van der Waals surface area (Å²) in [6.07, 6.45) is -16.0. The SMILES string of the molecule is O=C(O)CC(O)(CC(=O)O)C(=O)O.O=CC(O)C(O)C(O)C(O)CO.O=CC(O)C(O)C(O)C(O)CO.O=P(O)(O)O. The number of aldehydes is 2. The van der Waals surface area contributed by atoms with E-state index < -0.39 is 106 Å². The van der Waals surface area contributed by atoms with E-state index in [1.807, 2.05) is 0 Å². The van der Waals surface area contributed by atoms with Crippen molar-refractivity contribution in [3.8, 4) is 0 Å². The predicted octanol–water partition coefficient (Wildman–Crippen LogP) is -8.93. The highest BCUT2D eigenvalue weighted by molar-refractivity contribution is 7.45. The molecule has 0 heterocycles. The van der Waals surface area contributed by atoms with E-state index in [1.165, 1.54) is 0 Å². The maximum Gasteiger partial charge on any atom is 0.466 e. The van der Waals surface area contributed by atoms with Crippen molar-refractivity contribution in [2.24, 2.45) is 0 Å². The molecule has 0 bridgehead atoms. The van der Waals surface area contributed by atoms with Crippen LogP contribution in [0.25, 0.3) is 0 Å². The Morgan fingerprint density at radius 2 is 0.857 bits per heavy atom. The van der Waals surface area contributed by atoms with Crippen LogP contribution in [0.3, 0.4) is 0 Å². The van der Waals surface area contributed by atoms with E-state index in [0.29, 0.717) is 0 Å². The highest BCUT2D eigenvalue weighted by Crippen LogP contribution is 2.25. The molecule has 0 rings (SSSR count). The van der Waals surface area contributed by atoms with E-state index in [1.54, 1.807) is 0 Å². The molecule has 23 nitrogen and oxygen atoms in total. The molecule has 0 aliphatic heterocycles. The van der Waals surface area contributed by atoms with Crippen LogP contribution in [0, 0.1) is 0 Å². The molecule has 17 N–H and O–H groups in total. The zero-order chi connectivity index (χ0) is 34.6. The molecule has 0 aliphatic rings. The zero-order valence-electron chi connectivity index (χ0n) is 21.1. The van der Waals surface area contributed by atoms with E-state index in [9.17, 15) is 24.0 Å². The van der Waals surface area contributed by atoms with Gasteiger partial charge in [-0.05, 0) is 0 Å². The predicted molar refractivity (Wildman–Crippen MR) is 126 cm³/mol. The number of rotatable bonds is 15. The molecule has 250 valence electrons. The zero-order valence-corrected chi connectivity index (χ0v) is 22.0. The van der Waals surface area contributed by atoms with Gasteiger partial charge in [0.15, 0.2) is 18.2 Å². The van der Waals surface area contributed by atoms with Crippen LogP contribution in [-0.2, 0) is 28.5 Å². The summed E-state index contributed by atoms with van der Waals surface area (Å²) in [5.74, 6) is -5.02. The van der Waals surface area contributed by atoms with E-state index in [2.05, 4.69) is 0 Å². The van der Waals surface area contributed by atoms with E-state index >= 15 is 0 Å². The Hall–Kier alpha value is -2.58. The summed E-state index contributed by atoms with van der Waals surface area (Å²) in [6.45, 7) is -1.52. The van der Waals surface area contributed by atoms with Crippen LogP contribution in [0.4, 0.5) is 0 Å². The van der Waals surface area contributed by atoms with Crippen LogP contribution in [0.2, 0.25) is 0 Å². The Balaban J connectivity index is -0.000000238. The molecular formula is C18H35O23P. The molecule has 0 radical (unpaired) electrons. The van der Waals surface area contributed by atoms with Gasteiger partial charge in [-0.1, -0.05) is 0 Å². The van der Waals surface area contributed by atoms with E-state index in [0.717, 1.165) is 0 Å². The first-order valence-electron chi connectivity index (χ1n) is 10.6. The van der Waals surface area contributed by atoms with Gasteiger partial charge in [0.2, 0.25) is 0 Å². The van der Waals surface area contributed by atoms with Crippen molar-refractivity contribution in [2.45, 2.75) is 67.3 Å². The van der Waals surface area contributed by atoms with Gasteiger partial charge in [-0.3, -0.25) is 9.59 Å². The molecule has 0 aromatic heterocycles. The number of carbonyl (C=O) groups is 5. The quantitative estimate of drug-likeness (QED) is 0.0577. The molecular weight excluding hydrogens is 615 g/mol. The van der Waals surface area contributed by atoms with Crippen molar-refractivity contribution in [3.05, 3.63) is 0 Å². The first-order chi connectivity index (χ1) is 18.9. The molecule has 0 aliphatic carbocycles. The van der Waals surface area contributed by atoms with Crippen molar-refractivity contribution in [3.63, 3.8) is 0 Å². The van der Waals surface area contributed by atoms with Crippen LogP contribution in [-0.4, -0.2) is 184 Å². The van der Waals surface area contributed by atoms with Gasteiger partial charge in [0, 0.05) is 0 Å². The minimum Gasteiger partial charge on any atom is -0.481 e. The Morgan fingerprint density at radius 3 is 1.00 bits per heavy atom. The topological polar surface area (TPSA) is 446 Å². The van der Waals surface area contributed by atoms with Gasteiger partial charge in [-0.2, -0.15) is 0 Å². The highest BCUT2D eigenvalue weighted by atomic mass is 31.2.